The summed E-state index contributed by atoms with van der Waals surface area (Å²) in [5, 5.41) is 12.0. The number of aryl methyl sites for hydroxylation is 2. The molecule has 0 spiro atoms. The van der Waals surface area contributed by atoms with Crippen LogP contribution in [0.1, 0.15) is 24.1 Å². The number of methoxy groups -OCH3 is 1. The molecule has 2 aromatic heterocycles. The number of hydrogen-bond donors (Lipinski definition) is 1. The van der Waals surface area contributed by atoms with Crippen LogP contribution in [-0.4, -0.2) is 44.8 Å². The zero-order chi connectivity index (χ0) is 14.4. The van der Waals surface area contributed by atoms with Crippen molar-refractivity contribution in [2.45, 2.75) is 33.5 Å². The standard InChI is InChI=1S/C13H22N6O/c1-4-18-12(7-11(2)17-18)9-19-13(15-10-16-19)8-14-5-6-20-3/h7,10,14H,4-6,8-9H2,1-3H3. The highest BCUT2D eigenvalue weighted by Gasteiger charge is 2.09. The topological polar surface area (TPSA) is 69.8 Å². The molecule has 7 heteroatoms. The van der Waals surface area contributed by atoms with Crippen LogP contribution in [0.5, 0.6) is 0 Å². The molecule has 0 bridgehead atoms. The van der Waals surface area contributed by atoms with Gasteiger partial charge in [-0.15, -0.1) is 0 Å². The van der Waals surface area contributed by atoms with E-state index in [0.717, 1.165) is 30.3 Å². The predicted molar refractivity (Wildman–Crippen MR) is 75.3 cm³/mol. The smallest absolute Gasteiger partial charge is 0.141 e. The van der Waals surface area contributed by atoms with Crippen LogP contribution in [0, 0.1) is 6.92 Å². The Bertz CT molecular complexity index is 533. The Morgan fingerprint density at radius 1 is 1.35 bits per heavy atom. The van der Waals surface area contributed by atoms with E-state index < -0.39 is 0 Å². The second-order valence-corrected chi connectivity index (χ2v) is 4.60. The van der Waals surface area contributed by atoms with E-state index in [1.54, 1.807) is 13.4 Å². The third-order valence-electron chi connectivity index (χ3n) is 3.06. The normalized spacial score (nSPS) is 11.2. The van der Waals surface area contributed by atoms with Gasteiger partial charge in [-0.3, -0.25) is 4.68 Å². The molecule has 1 N–H and O–H groups in total. The Morgan fingerprint density at radius 3 is 2.95 bits per heavy atom. The van der Waals surface area contributed by atoms with Gasteiger partial charge in [0.25, 0.3) is 0 Å². The van der Waals surface area contributed by atoms with Gasteiger partial charge in [-0.1, -0.05) is 0 Å². The number of nitrogens with one attached hydrogen (secondary N) is 1. The molecular formula is C13H22N6O. The number of ether oxygens (including phenoxy) is 1. The minimum absolute atomic E-state index is 0.683. The lowest BCUT2D eigenvalue weighted by molar-refractivity contribution is 0.198. The van der Waals surface area contributed by atoms with E-state index in [0.29, 0.717) is 19.7 Å². The van der Waals surface area contributed by atoms with Crippen LogP contribution in [0.4, 0.5) is 0 Å². The van der Waals surface area contributed by atoms with Gasteiger partial charge < -0.3 is 10.1 Å². The summed E-state index contributed by atoms with van der Waals surface area (Å²) in [5.41, 5.74) is 2.18. The first-order valence-corrected chi connectivity index (χ1v) is 6.84. The lowest BCUT2D eigenvalue weighted by Crippen LogP contribution is -2.22. The first-order chi connectivity index (χ1) is 9.74. The van der Waals surface area contributed by atoms with Gasteiger partial charge in [0.15, 0.2) is 0 Å². The largest absolute Gasteiger partial charge is 0.383 e. The van der Waals surface area contributed by atoms with E-state index in [4.69, 9.17) is 4.74 Å². The summed E-state index contributed by atoms with van der Waals surface area (Å²) in [7, 11) is 1.69. The number of nitrogens with zero attached hydrogens (tertiary/aromatic N) is 5. The van der Waals surface area contributed by atoms with Crippen molar-refractivity contribution in [3.63, 3.8) is 0 Å². The van der Waals surface area contributed by atoms with Crippen molar-refractivity contribution in [3.8, 4) is 0 Å². The second-order valence-electron chi connectivity index (χ2n) is 4.60. The van der Waals surface area contributed by atoms with E-state index in [-0.39, 0.29) is 0 Å². The van der Waals surface area contributed by atoms with E-state index in [1.807, 2.05) is 16.3 Å². The van der Waals surface area contributed by atoms with Gasteiger partial charge in [0.1, 0.15) is 12.2 Å². The van der Waals surface area contributed by atoms with Crippen LogP contribution in [0.2, 0.25) is 0 Å². The molecule has 2 rings (SSSR count). The molecule has 0 aliphatic heterocycles. The summed E-state index contributed by atoms with van der Waals surface area (Å²) in [5.74, 6) is 0.919. The van der Waals surface area contributed by atoms with E-state index in [9.17, 15) is 0 Å². The van der Waals surface area contributed by atoms with Crippen molar-refractivity contribution >= 4 is 0 Å². The number of aromatic nitrogens is 5. The molecule has 0 aliphatic carbocycles. The average molecular weight is 278 g/mol. The Hall–Kier alpha value is -1.73. The van der Waals surface area contributed by atoms with Crippen molar-refractivity contribution in [2.24, 2.45) is 0 Å². The lowest BCUT2D eigenvalue weighted by atomic mass is 10.3. The van der Waals surface area contributed by atoms with E-state index >= 15 is 0 Å². The van der Waals surface area contributed by atoms with Crippen LogP contribution in [0.3, 0.4) is 0 Å². The molecule has 2 aromatic rings. The van der Waals surface area contributed by atoms with Crippen molar-refractivity contribution < 1.29 is 4.74 Å². The van der Waals surface area contributed by atoms with Gasteiger partial charge in [-0.25, -0.2) is 9.67 Å². The fourth-order valence-corrected chi connectivity index (χ4v) is 2.09. The second kappa shape index (κ2) is 7.16. The highest BCUT2D eigenvalue weighted by atomic mass is 16.5. The van der Waals surface area contributed by atoms with Crippen molar-refractivity contribution in [1.82, 2.24) is 29.9 Å². The summed E-state index contributed by atoms with van der Waals surface area (Å²) >= 11 is 0. The monoisotopic (exact) mass is 278 g/mol. The summed E-state index contributed by atoms with van der Waals surface area (Å²) in [6.45, 7) is 7.82. The molecule has 0 atom stereocenters. The van der Waals surface area contributed by atoms with Crippen molar-refractivity contribution in [2.75, 3.05) is 20.3 Å². The quantitative estimate of drug-likeness (QED) is 0.716. The SMILES string of the molecule is CCn1nc(C)cc1Cn1ncnc1CNCCOC. The molecule has 0 amide bonds. The first kappa shape index (κ1) is 14.7. The lowest BCUT2D eigenvalue weighted by Gasteiger charge is -2.08. The maximum absolute atomic E-state index is 5.00. The molecule has 0 saturated carbocycles. The molecule has 7 nitrogen and oxygen atoms in total. The van der Waals surface area contributed by atoms with Gasteiger partial charge in [0.05, 0.1) is 31.1 Å². The average Bonchev–Trinajstić information content (AvgIpc) is 3.02. The van der Waals surface area contributed by atoms with Crippen LogP contribution in [-0.2, 0) is 24.4 Å². The fraction of sp³-hybridized carbons (Fsp3) is 0.615. The minimum atomic E-state index is 0.683. The van der Waals surface area contributed by atoms with Crippen LogP contribution in [0.15, 0.2) is 12.4 Å². The van der Waals surface area contributed by atoms with Crippen molar-refractivity contribution in [3.05, 3.63) is 29.6 Å². The van der Waals surface area contributed by atoms with Crippen LogP contribution < -0.4 is 5.32 Å². The zero-order valence-electron chi connectivity index (χ0n) is 12.3. The fourth-order valence-electron chi connectivity index (χ4n) is 2.09. The van der Waals surface area contributed by atoms with Gasteiger partial charge in [0.2, 0.25) is 0 Å². The van der Waals surface area contributed by atoms with Gasteiger partial charge in [-0.05, 0) is 19.9 Å². The minimum Gasteiger partial charge on any atom is -0.383 e. The summed E-state index contributed by atoms with van der Waals surface area (Å²) in [6, 6.07) is 2.09. The Labute approximate surface area is 119 Å². The molecule has 0 saturated heterocycles. The molecule has 20 heavy (non-hydrogen) atoms. The molecular weight excluding hydrogens is 256 g/mol. The van der Waals surface area contributed by atoms with Crippen LogP contribution >= 0.6 is 0 Å². The Kier molecular flexibility index (Phi) is 5.25. The predicted octanol–water partition coefficient (Wildman–Crippen LogP) is 0.587. The van der Waals surface area contributed by atoms with Gasteiger partial charge in [-0.2, -0.15) is 10.2 Å². The van der Waals surface area contributed by atoms with Gasteiger partial charge >= 0.3 is 0 Å². The summed E-state index contributed by atoms with van der Waals surface area (Å²) in [6.07, 6.45) is 1.59. The molecule has 0 unspecified atom stereocenters. The summed E-state index contributed by atoms with van der Waals surface area (Å²) in [4.78, 5) is 4.29. The maximum atomic E-state index is 5.00. The number of hydrogen-bond acceptors (Lipinski definition) is 5. The Balaban J connectivity index is 2.00. The Morgan fingerprint density at radius 2 is 2.20 bits per heavy atom. The molecule has 110 valence electrons. The third kappa shape index (κ3) is 3.64. The maximum Gasteiger partial charge on any atom is 0.141 e. The summed E-state index contributed by atoms with van der Waals surface area (Å²) < 4.78 is 8.91. The van der Waals surface area contributed by atoms with Gasteiger partial charge in [0, 0.05) is 20.2 Å². The first-order valence-electron chi connectivity index (χ1n) is 6.84. The highest BCUT2D eigenvalue weighted by Crippen LogP contribution is 2.07. The van der Waals surface area contributed by atoms with Crippen molar-refractivity contribution in [1.29, 1.82) is 0 Å². The van der Waals surface area contributed by atoms with E-state index in [1.165, 1.54) is 0 Å². The van der Waals surface area contributed by atoms with E-state index in [2.05, 4.69) is 33.5 Å². The highest BCUT2D eigenvalue weighted by molar-refractivity contribution is 5.09. The molecule has 0 aliphatic rings. The molecule has 2 heterocycles. The third-order valence-corrected chi connectivity index (χ3v) is 3.06. The molecule has 0 fully saturated rings. The molecule has 0 aromatic carbocycles. The molecule has 0 radical (unpaired) electrons. The van der Waals surface area contributed by atoms with Crippen LogP contribution in [0.25, 0.3) is 0 Å². The zero-order valence-corrected chi connectivity index (χ0v) is 12.3. The number of rotatable bonds is 8.